The number of amides is 1. The maximum absolute atomic E-state index is 13.6. The van der Waals surface area contributed by atoms with E-state index in [2.05, 4.69) is 21.2 Å². The van der Waals surface area contributed by atoms with E-state index in [0.29, 0.717) is 4.47 Å². The summed E-state index contributed by atoms with van der Waals surface area (Å²) in [4.78, 5) is 12.1. The molecule has 1 aliphatic carbocycles. The molecule has 0 unspecified atom stereocenters. The van der Waals surface area contributed by atoms with Gasteiger partial charge in [-0.3, -0.25) is 4.79 Å². The second-order valence-corrected chi connectivity index (χ2v) is 5.84. The molecule has 0 aliphatic heterocycles. The minimum Gasteiger partial charge on any atom is -0.321 e. The van der Waals surface area contributed by atoms with Crippen LogP contribution in [0.2, 0.25) is 0 Å². The minimum absolute atomic E-state index is 0.134. The lowest BCUT2D eigenvalue weighted by Crippen LogP contribution is -2.23. The van der Waals surface area contributed by atoms with Crippen LogP contribution in [-0.2, 0) is 4.79 Å². The van der Waals surface area contributed by atoms with Gasteiger partial charge in [0.2, 0.25) is 5.91 Å². The summed E-state index contributed by atoms with van der Waals surface area (Å²) in [5.74, 6) is -1.92. The normalized spacial score (nSPS) is 17.0. The monoisotopic (exact) mass is 331 g/mol. The van der Waals surface area contributed by atoms with E-state index in [1.54, 1.807) is 0 Å². The van der Waals surface area contributed by atoms with E-state index >= 15 is 0 Å². The predicted molar refractivity (Wildman–Crippen MR) is 73.9 cm³/mol. The summed E-state index contributed by atoms with van der Waals surface area (Å²) in [6, 6.07) is 2.29. The maximum atomic E-state index is 13.6. The number of benzene rings is 1. The molecule has 1 fully saturated rings. The average molecular weight is 332 g/mol. The van der Waals surface area contributed by atoms with Crippen LogP contribution >= 0.6 is 15.9 Å². The molecule has 0 radical (unpaired) electrons. The van der Waals surface area contributed by atoms with Crippen molar-refractivity contribution in [2.75, 3.05) is 5.32 Å². The number of carbonyl (C=O) groups excluding carboxylic acids is 1. The molecule has 0 atom stereocenters. The van der Waals surface area contributed by atoms with Crippen molar-refractivity contribution in [1.29, 1.82) is 0 Å². The van der Waals surface area contributed by atoms with Crippen molar-refractivity contribution in [3.8, 4) is 0 Å². The summed E-state index contributed by atoms with van der Waals surface area (Å²) in [7, 11) is 0. The van der Waals surface area contributed by atoms with Gasteiger partial charge in [-0.15, -0.1) is 0 Å². The summed E-state index contributed by atoms with van der Waals surface area (Å²) in [5.41, 5.74) is -0.350. The second-order valence-electron chi connectivity index (χ2n) is 4.92. The number of rotatable bonds is 2. The topological polar surface area (TPSA) is 29.1 Å². The first-order valence-corrected chi connectivity index (χ1v) is 7.32. The molecule has 2 rings (SSSR count). The zero-order chi connectivity index (χ0) is 13.8. The van der Waals surface area contributed by atoms with Gasteiger partial charge in [0, 0.05) is 10.4 Å². The molecule has 1 aliphatic rings. The van der Waals surface area contributed by atoms with Crippen molar-refractivity contribution < 1.29 is 13.6 Å². The summed E-state index contributed by atoms with van der Waals surface area (Å²) < 4.78 is 27.6. The van der Waals surface area contributed by atoms with E-state index in [0.717, 1.165) is 50.7 Å². The Morgan fingerprint density at radius 2 is 1.63 bits per heavy atom. The maximum Gasteiger partial charge on any atom is 0.227 e. The second kappa shape index (κ2) is 6.46. The SMILES string of the molecule is O=C(Nc1c(F)cc(Br)cc1F)C1CCCCCC1. The number of anilines is 1. The number of nitrogens with one attached hydrogen (secondary N) is 1. The molecule has 0 saturated heterocycles. The average Bonchev–Trinajstić information content (AvgIpc) is 2.62. The van der Waals surface area contributed by atoms with Crippen LogP contribution in [0.5, 0.6) is 0 Å². The van der Waals surface area contributed by atoms with Crippen molar-refractivity contribution in [2.45, 2.75) is 38.5 Å². The van der Waals surface area contributed by atoms with Gasteiger partial charge in [-0.1, -0.05) is 41.6 Å². The Bertz CT molecular complexity index is 448. The third-order valence-electron chi connectivity index (χ3n) is 3.48. The van der Waals surface area contributed by atoms with Crippen LogP contribution in [0.25, 0.3) is 0 Å². The molecule has 0 bridgehead atoms. The lowest BCUT2D eigenvalue weighted by Gasteiger charge is -2.15. The van der Waals surface area contributed by atoms with Gasteiger partial charge >= 0.3 is 0 Å². The quantitative estimate of drug-likeness (QED) is 0.786. The van der Waals surface area contributed by atoms with Crippen LogP contribution in [0.3, 0.4) is 0 Å². The molecule has 1 aromatic rings. The molecule has 5 heteroatoms. The molecule has 19 heavy (non-hydrogen) atoms. The largest absolute Gasteiger partial charge is 0.321 e. The van der Waals surface area contributed by atoms with Gasteiger partial charge in [-0.05, 0) is 25.0 Å². The standard InChI is InChI=1S/C14H16BrF2NO/c15-10-7-11(16)13(12(17)8-10)18-14(19)9-5-3-1-2-4-6-9/h7-9H,1-6H2,(H,18,19). The Morgan fingerprint density at radius 1 is 1.11 bits per heavy atom. The highest BCUT2D eigenvalue weighted by atomic mass is 79.9. The minimum atomic E-state index is -0.756. The van der Waals surface area contributed by atoms with Gasteiger partial charge < -0.3 is 5.32 Å². The smallest absolute Gasteiger partial charge is 0.227 e. The molecule has 1 N–H and O–H groups in total. The first-order valence-electron chi connectivity index (χ1n) is 6.53. The zero-order valence-corrected chi connectivity index (χ0v) is 12.1. The molecular formula is C14H16BrF2NO. The van der Waals surface area contributed by atoms with Crippen LogP contribution < -0.4 is 5.32 Å². The van der Waals surface area contributed by atoms with Crippen LogP contribution in [0.1, 0.15) is 38.5 Å². The zero-order valence-electron chi connectivity index (χ0n) is 10.5. The Balaban J connectivity index is 2.10. The van der Waals surface area contributed by atoms with Gasteiger partial charge in [-0.25, -0.2) is 8.78 Å². The van der Waals surface area contributed by atoms with Crippen molar-refractivity contribution in [3.63, 3.8) is 0 Å². The van der Waals surface area contributed by atoms with Crippen molar-refractivity contribution >= 4 is 27.5 Å². The van der Waals surface area contributed by atoms with Crippen molar-refractivity contribution in [3.05, 3.63) is 28.2 Å². The first-order chi connectivity index (χ1) is 9.08. The van der Waals surface area contributed by atoms with Gasteiger partial charge in [0.25, 0.3) is 0 Å². The number of carbonyl (C=O) groups is 1. The summed E-state index contributed by atoms with van der Waals surface area (Å²) in [6.45, 7) is 0. The Morgan fingerprint density at radius 3 is 2.16 bits per heavy atom. The van der Waals surface area contributed by atoms with Gasteiger partial charge in [0.1, 0.15) is 5.69 Å². The van der Waals surface area contributed by atoms with E-state index in [1.165, 1.54) is 0 Å². The number of hydrogen-bond donors (Lipinski definition) is 1. The highest BCUT2D eigenvalue weighted by Gasteiger charge is 2.22. The molecule has 0 heterocycles. The van der Waals surface area contributed by atoms with Crippen LogP contribution in [0, 0.1) is 17.6 Å². The molecule has 0 aromatic heterocycles. The molecule has 1 amide bonds. The van der Waals surface area contributed by atoms with Gasteiger partial charge in [0.15, 0.2) is 11.6 Å². The predicted octanol–water partition coefficient (Wildman–Crippen LogP) is 4.64. The highest BCUT2D eigenvalue weighted by Crippen LogP contribution is 2.27. The van der Waals surface area contributed by atoms with E-state index < -0.39 is 11.6 Å². The van der Waals surface area contributed by atoms with Crippen LogP contribution in [0.4, 0.5) is 14.5 Å². The summed E-state index contributed by atoms with van der Waals surface area (Å²) >= 11 is 3.01. The fourth-order valence-electron chi connectivity index (χ4n) is 2.43. The van der Waals surface area contributed by atoms with Crippen molar-refractivity contribution in [1.82, 2.24) is 0 Å². The third kappa shape index (κ3) is 3.75. The molecule has 1 aromatic carbocycles. The summed E-state index contributed by atoms with van der Waals surface area (Å²) in [6.07, 6.45) is 5.86. The Labute approximate surface area is 119 Å². The van der Waals surface area contributed by atoms with Crippen LogP contribution in [0.15, 0.2) is 16.6 Å². The van der Waals surface area contributed by atoms with Gasteiger partial charge in [0.05, 0.1) is 0 Å². The molecule has 104 valence electrons. The van der Waals surface area contributed by atoms with E-state index in [9.17, 15) is 13.6 Å². The molecule has 1 saturated carbocycles. The lowest BCUT2D eigenvalue weighted by atomic mass is 9.99. The number of halogens is 3. The van der Waals surface area contributed by atoms with E-state index in [1.807, 2.05) is 0 Å². The highest BCUT2D eigenvalue weighted by molar-refractivity contribution is 9.10. The fraction of sp³-hybridized carbons (Fsp3) is 0.500. The summed E-state index contributed by atoms with van der Waals surface area (Å²) in [5, 5.41) is 2.39. The molecular weight excluding hydrogens is 316 g/mol. The van der Waals surface area contributed by atoms with E-state index in [4.69, 9.17) is 0 Å². The first kappa shape index (κ1) is 14.4. The van der Waals surface area contributed by atoms with Gasteiger partial charge in [-0.2, -0.15) is 0 Å². The molecule has 0 spiro atoms. The number of hydrogen-bond acceptors (Lipinski definition) is 1. The third-order valence-corrected chi connectivity index (χ3v) is 3.94. The van der Waals surface area contributed by atoms with Crippen molar-refractivity contribution in [2.24, 2.45) is 5.92 Å². The lowest BCUT2D eigenvalue weighted by molar-refractivity contribution is -0.120. The Hall–Kier alpha value is -0.970. The Kier molecular flexibility index (Phi) is 4.91. The van der Waals surface area contributed by atoms with E-state index in [-0.39, 0.29) is 17.5 Å². The van der Waals surface area contributed by atoms with Crippen LogP contribution in [-0.4, -0.2) is 5.91 Å². The molecule has 2 nitrogen and oxygen atoms in total. The fourth-order valence-corrected chi connectivity index (χ4v) is 2.83.